The highest BCUT2D eigenvalue weighted by molar-refractivity contribution is 7.13. The molecule has 0 radical (unpaired) electrons. The number of anilines is 1. The summed E-state index contributed by atoms with van der Waals surface area (Å²) in [6.07, 6.45) is 1.85. The molecule has 1 aliphatic heterocycles. The van der Waals surface area contributed by atoms with Crippen LogP contribution in [0.15, 0.2) is 23.7 Å². The molecule has 0 atom stereocenters. The van der Waals surface area contributed by atoms with Crippen LogP contribution in [-0.2, 0) is 18.3 Å². The van der Waals surface area contributed by atoms with Crippen molar-refractivity contribution in [2.45, 2.75) is 6.54 Å². The maximum atomic E-state index is 12.1. The number of aromatic nitrogens is 2. The zero-order chi connectivity index (χ0) is 14.7. The Labute approximate surface area is 127 Å². The fraction of sp³-hybridized carbons (Fsp3) is 0.429. The zero-order valence-corrected chi connectivity index (χ0v) is 12.7. The van der Waals surface area contributed by atoms with E-state index in [0.29, 0.717) is 10.8 Å². The van der Waals surface area contributed by atoms with E-state index in [1.165, 1.54) is 11.3 Å². The number of hydrogen-bond acceptors (Lipinski definition) is 5. The highest BCUT2D eigenvalue weighted by Crippen LogP contribution is 2.18. The molecule has 1 N–H and O–H groups in total. The molecule has 0 aromatic carbocycles. The number of carbonyl (C=O) groups excluding carboxylic acids is 1. The third kappa shape index (κ3) is 3.49. The van der Waals surface area contributed by atoms with E-state index in [1.54, 1.807) is 10.6 Å². The van der Waals surface area contributed by atoms with Gasteiger partial charge in [0.15, 0.2) is 5.13 Å². The van der Waals surface area contributed by atoms with Gasteiger partial charge in [0.2, 0.25) is 0 Å². The summed E-state index contributed by atoms with van der Waals surface area (Å²) in [7, 11) is 1.85. The lowest BCUT2D eigenvalue weighted by Gasteiger charge is -2.25. The molecule has 0 unspecified atom stereocenters. The first-order valence-corrected chi connectivity index (χ1v) is 7.77. The highest BCUT2D eigenvalue weighted by atomic mass is 32.1. The first kappa shape index (κ1) is 14.2. The van der Waals surface area contributed by atoms with Crippen LogP contribution in [0.2, 0.25) is 0 Å². The monoisotopic (exact) mass is 306 g/mol. The molecule has 3 rings (SSSR count). The maximum absolute atomic E-state index is 12.1. The smallest absolute Gasteiger partial charge is 0.274 e. The largest absolute Gasteiger partial charge is 0.379 e. The number of aryl methyl sites for hydroxylation is 1. The normalized spacial score (nSPS) is 16.0. The Hall–Kier alpha value is -1.70. The topological polar surface area (TPSA) is 59.4 Å². The van der Waals surface area contributed by atoms with Gasteiger partial charge in [-0.25, -0.2) is 4.98 Å². The van der Waals surface area contributed by atoms with Crippen molar-refractivity contribution in [3.05, 3.63) is 35.1 Å². The van der Waals surface area contributed by atoms with Crippen LogP contribution < -0.4 is 5.32 Å². The number of morpholine rings is 1. The predicted octanol–water partition coefficient (Wildman–Crippen LogP) is 1.57. The standard InChI is InChI=1S/C14H18N4O2S/c1-17-4-2-3-12(17)13(19)16-14-15-11(10-21-14)9-18-5-7-20-8-6-18/h2-4,10H,5-9H2,1H3,(H,15,16,19). The molecule has 6 nitrogen and oxygen atoms in total. The summed E-state index contributed by atoms with van der Waals surface area (Å²) in [5, 5.41) is 5.49. The number of thiazole rings is 1. The number of hydrogen-bond donors (Lipinski definition) is 1. The average Bonchev–Trinajstić information content (AvgIpc) is 3.09. The Morgan fingerprint density at radius 3 is 3.00 bits per heavy atom. The van der Waals surface area contributed by atoms with E-state index in [1.807, 2.05) is 24.7 Å². The Kier molecular flexibility index (Phi) is 4.33. The van der Waals surface area contributed by atoms with Crippen molar-refractivity contribution in [3.8, 4) is 0 Å². The molecular formula is C14H18N4O2S. The fourth-order valence-corrected chi connectivity index (χ4v) is 2.98. The second kappa shape index (κ2) is 6.38. The van der Waals surface area contributed by atoms with Crippen LogP contribution >= 0.6 is 11.3 Å². The van der Waals surface area contributed by atoms with Crippen molar-refractivity contribution < 1.29 is 9.53 Å². The van der Waals surface area contributed by atoms with Gasteiger partial charge in [0.1, 0.15) is 5.69 Å². The molecule has 0 bridgehead atoms. The number of amides is 1. The molecule has 1 amide bonds. The van der Waals surface area contributed by atoms with E-state index in [-0.39, 0.29) is 5.91 Å². The van der Waals surface area contributed by atoms with Crippen LogP contribution in [-0.4, -0.2) is 46.7 Å². The van der Waals surface area contributed by atoms with Gasteiger partial charge < -0.3 is 9.30 Å². The quantitative estimate of drug-likeness (QED) is 0.931. The van der Waals surface area contributed by atoms with Crippen molar-refractivity contribution in [1.82, 2.24) is 14.5 Å². The molecule has 1 saturated heterocycles. The van der Waals surface area contributed by atoms with E-state index in [2.05, 4.69) is 15.2 Å². The average molecular weight is 306 g/mol. The summed E-state index contributed by atoms with van der Waals surface area (Å²) >= 11 is 1.46. The molecule has 3 heterocycles. The van der Waals surface area contributed by atoms with Crippen molar-refractivity contribution in [2.75, 3.05) is 31.6 Å². The van der Waals surface area contributed by atoms with E-state index < -0.39 is 0 Å². The van der Waals surface area contributed by atoms with Gasteiger partial charge in [-0.05, 0) is 12.1 Å². The lowest BCUT2D eigenvalue weighted by molar-refractivity contribution is 0.0337. The summed E-state index contributed by atoms with van der Waals surface area (Å²) < 4.78 is 7.12. The molecule has 1 fully saturated rings. The minimum absolute atomic E-state index is 0.130. The Morgan fingerprint density at radius 2 is 2.29 bits per heavy atom. The van der Waals surface area contributed by atoms with Gasteiger partial charge in [0.25, 0.3) is 5.91 Å². The molecule has 2 aromatic heterocycles. The highest BCUT2D eigenvalue weighted by Gasteiger charge is 2.14. The number of ether oxygens (including phenoxy) is 1. The molecular weight excluding hydrogens is 288 g/mol. The van der Waals surface area contributed by atoms with E-state index in [0.717, 1.165) is 38.5 Å². The summed E-state index contributed by atoms with van der Waals surface area (Å²) in [6, 6.07) is 3.64. The zero-order valence-electron chi connectivity index (χ0n) is 11.9. The third-order valence-corrected chi connectivity index (χ3v) is 4.24. The van der Waals surface area contributed by atoms with Gasteiger partial charge in [-0.2, -0.15) is 0 Å². The van der Waals surface area contributed by atoms with Gasteiger partial charge >= 0.3 is 0 Å². The number of carbonyl (C=O) groups is 1. The Bertz CT molecular complexity index is 616. The Balaban J connectivity index is 1.60. The van der Waals surface area contributed by atoms with E-state index in [4.69, 9.17) is 4.74 Å². The van der Waals surface area contributed by atoms with E-state index >= 15 is 0 Å². The summed E-state index contributed by atoms with van der Waals surface area (Å²) in [6.45, 7) is 4.23. The van der Waals surface area contributed by atoms with E-state index in [9.17, 15) is 4.79 Å². The van der Waals surface area contributed by atoms with Gasteiger partial charge in [-0.3, -0.25) is 15.0 Å². The maximum Gasteiger partial charge on any atom is 0.274 e. The summed E-state index contributed by atoms with van der Waals surface area (Å²) in [4.78, 5) is 18.9. The predicted molar refractivity (Wildman–Crippen MR) is 81.6 cm³/mol. The molecule has 0 aliphatic carbocycles. The fourth-order valence-electron chi connectivity index (χ4n) is 2.28. The second-order valence-electron chi connectivity index (χ2n) is 4.99. The molecule has 2 aromatic rings. The molecule has 7 heteroatoms. The molecule has 0 spiro atoms. The lowest BCUT2D eigenvalue weighted by Crippen LogP contribution is -2.35. The molecule has 0 saturated carbocycles. The van der Waals surface area contributed by atoms with Crippen LogP contribution in [0.1, 0.15) is 16.2 Å². The van der Waals surface area contributed by atoms with Crippen LogP contribution in [0.3, 0.4) is 0 Å². The van der Waals surface area contributed by atoms with Crippen LogP contribution in [0.4, 0.5) is 5.13 Å². The Morgan fingerprint density at radius 1 is 1.48 bits per heavy atom. The molecule has 1 aliphatic rings. The first-order valence-electron chi connectivity index (χ1n) is 6.89. The van der Waals surface area contributed by atoms with Gasteiger partial charge in [0, 0.05) is 38.3 Å². The summed E-state index contributed by atoms with van der Waals surface area (Å²) in [5.74, 6) is -0.130. The van der Waals surface area contributed by atoms with Crippen LogP contribution in [0.25, 0.3) is 0 Å². The van der Waals surface area contributed by atoms with Crippen molar-refractivity contribution in [2.24, 2.45) is 7.05 Å². The number of rotatable bonds is 4. The number of nitrogens with zero attached hydrogens (tertiary/aromatic N) is 3. The molecule has 112 valence electrons. The van der Waals surface area contributed by atoms with Crippen molar-refractivity contribution >= 4 is 22.4 Å². The lowest BCUT2D eigenvalue weighted by atomic mass is 10.3. The van der Waals surface area contributed by atoms with Crippen molar-refractivity contribution in [3.63, 3.8) is 0 Å². The van der Waals surface area contributed by atoms with Gasteiger partial charge in [-0.1, -0.05) is 0 Å². The van der Waals surface area contributed by atoms with Crippen LogP contribution in [0, 0.1) is 0 Å². The van der Waals surface area contributed by atoms with Gasteiger partial charge in [0.05, 0.1) is 18.9 Å². The summed E-state index contributed by atoms with van der Waals surface area (Å²) in [5.41, 5.74) is 1.61. The SMILES string of the molecule is Cn1cccc1C(=O)Nc1nc(CN2CCOCC2)cs1. The van der Waals surface area contributed by atoms with Crippen molar-refractivity contribution in [1.29, 1.82) is 0 Å². The first-order chi connectivity index (χ1) is 10.2. The van der Waals surface area contributed by atoms with Gasteiger partial charge in [-0.15, -0.1) is 11.3 Å². The van der Waals surface area contributed by atoms with Crippen LogP contribution in [0.5, 0.6) is 0 Å². The number of nitrogens with one attached hydrogen (secondary N) is 1. The second-order valence-corrected chi connectivity index (χ2v) is 5.85. The molecule has 21 heavy (non-hydrogen) atoms. The minimum Gasteiger partial charge on any atom is -0.379 e. The third-order valence-electron chi connectivity index (χ3n) is 3.44. The minimum atomic E-state index is -0.130.